The van der Waals surface area contributed by atoms with Crippen LogP contribution in [-0.2, 0) is 15.0 Å². The van der Waals surface area contributed by atoms with Crippen LogP contribution in [0, 0.1) is 0 Å². The highest BCUT2D eigenvalue weighted by molar-refractivity contribution is 8.00. The second kappa shape index (κ2) is 6.39. The molecule has 2 N–H and O–H groups in total. The summed E-state index contributed by atoms with van der Waals surface area (Å²) in [5, 5.41) is 11.3. The van der Waals surface area contributed by atoms with Crippen LogP contribution in [0.2, 0.25) is 0 Å². The number of anilines is 1. The maximum atomic E-state index is 11.7. The summed E-state index contributed by atoms with van der Waals surface area (Å²) in [6.45, 7) is 6.04. The first-order valence-electron chi connectivity index (χ1n) is 6.76. The normalized spacial score (nSPS) is 11.6. The number of rotatable bonds is 5. The van der Waals surface area contributed by atoms with E-state index in [9.17, 15) is 9.59 Å². The molecule has 0 bridgehead atoms. The van der Waals surface area contributed by atoms with Crippen LogP contribution in [0.1, 0.15) is 26.7 Å². The number of carbonyl (C=O) groups excluding carboxylic acids is 1. The van der Waals surface area contributed by atoms with Gasteiger partial charge in [0.1, 0.15) is 5.52 Å². The summed E-state index contributed by atoms with van der Waals surface area (Å²) >= 11 is 1.05. The monoisotopic (exact) mass is 322 g/mol. The van der Waals surface area contributed by atoms with Gasteiger partial charge in [0.2, 0.25) is 11.8 Å². The second-order valence-electron chi connectivity index (χ2n) is 5.89. The fourth-order valence-corrected chi connectivity index (χ4v) is 2.29. The molecule has 0 saturated carbocycles. The topological polar surface area (TPSA) is 92.4 Å². The van der Waals surface area contributed by atoms with E-state index in [1.165, 1.54) is 0 Å². The number of aliphatic carboxylic acids is 1. The number of hydrogen-bond donors (Lipinski definition) is 2. The zero-order valence-electron chi connectivity index (χ0n) is 12.7. The van der Waals surface area contributed by atoms with Gasteiger partial charge in [-0.1, -0.05) is 20.8 Å². The number of nitrogens with zero attached hydrogens (tertiary/aromatic N) is 1. The average molecular weight is 322 g/mol. The Morgan fingerprint density at radius 1 is 1.32 bits per heavy atom. The van der Waals surface area contributed by atoms with Crippen molar-refractivity contribution in [3.05, 3.63) is 24.1 Å². The molecule has 1 amide bonds. The quantitative estimate of drug-likeness (QED) is 0.879. The SMILES string of the molecule is CC(C)(C)c1nc2cc(NC(=O)CSCC(=O)O)ccc2o1. The number of carbonyl (C=O) groups is 2. The number of aromatic nitrogens is 1. The number of oxazole rings is 1. The molecule has 6 nitrogen and oxygen atoms in total. The number of fused-ring (bicyclic) bond motifs is 1. The summed E-state index contributed by atoms with van der Waals surface area (Å²) in [7, 11) is 0. The van der Waals surface area contributed by atoms with Crippen molar-refractivity contribution < 1.29 is 19.1 Å². The first kappa shape index (κ1) is 16.4. The van der Waals surface area contributed by atoms with E-state index in [0.29, 0.717) is 22.7 Å². The van der Waals surface area contributed by atoms with Crippen molar-refractivity contribution in [1.82, 2.24) is 4.98 Å². The van der Waals surface area contributed by atoms with Crippen LogP contribution in [0.15, 0.2) is 22.6 Å². The number of thioether (sulfide) groups is 1. The van der Waals surface area contributed by atoms with Crippen LogP contribution < -0.4 is 5.32 Å². The zero-order chi connectivity index (χ0) is 16.3. The molecule has 2 aromatic rings. The van der Waals surface area contributed by atoms with E-state index in [1.807, 2.05) is 20.8 Å². The van der Waals surface area contributed by atoms with Crippen LogP contribution in [-0.4, -0.2) is 33.5 Å². The third-order valence-electron chi connectivity index (χ3n) is 2.77. The predicted octanol–water partition coefficient (Wildman–Crippen LogP) is 2.88. The van der Waals surface area contributed by atoms with Crippen molar-refractivity contribution in [2.24, 2.45) is 0 Å². The van der Waals surface area contributed by atoms with E-state index < -0.39 is 5.97 Å². The van der Waals surface area contributed by atoms with Gasteiger partial charge in [0.05, 0.1) is 11.5 Å². The van der Waals surface area contributed by atoms with Crippen molar-refractivity contribution >= 4 is 40.4 Å². The summed E-state index contributed by atoms with van der Waals surface area (Å²) < 4.78 is 5.69. The van der Waals surface area contributed by atoms with Crippen LogP contribution in [0.4, 0.5) is 5.69 Å². The highest BCUT2D eigenvalue weighted by Gasteiger charge is 2.21. The third kappa shape index (κ3) is 4.24. The minimum Gasteiger partial charge on any atom is -0.481 e. The molecule has 22 heavy (non-hydrogen) atoms. The van der Waals surface area contributed by atoms with Crippen molar-refractivity contribution in [2.45, 2.75) is 26.2 Å². The summed E-state index contributed by atoms with van der Waals surface area (Å²) in [5.74, 6) is -0.536. The lowest BCUT2D eigenvalue weighted by Crippen LogP contribution is -2.15. The van der Waals surface area contributed by atoms with E-state index in [2.05, 4.69) is 10.3 Å². The third-order valence-corrected chi connectivity index (χ3v) is 3.69. The molecule has 1 heterocycles. The fraction of sp³-hybridized carbons (Fsp3) is 0.400. The smallest absolute Gasteiger partial charge is 0.313 e. The molecule has 0 fully saturated rings. The molecule has 0 aliphatic heterocycles. The van der Waals surface area contributed by atoms with Crippen LogP contribution in [0.25, 0.3) is 11.1 Å². The molecule has 0 aliphatic rings. The van der Waals surface area contributed by atoms with E-state index in [-0.39, 0.29) is 22.8 Å². The van der Waals surface area contributed by atoms with Crippen LogP contribution in [0.5, 0.6) is 0 Å². The molecule has 0 saturated heterocycles. The van der Waals surface area contributed by atoms with Gasteiger partial charge in [-0.15, -0.1) is 11.8 Å². The number of carboxylic acids is 1. The lowest BCUT2D eigenvalue weighted by atomic mass is 9.97. The highest BCUT2D eigenvalue weighted by atomic mass is 32.2. The lowest BCUT2D eigenvalue weighted by Gasteiger charge is -2.11. The molecular formula is C15H18N2O4S. The summed E-state index contributed by atoms with van der Waals surface area (Å²) in [6, 6.07) is 5.24. The molecule has 0 unspecified atom stereocenters. The minimum absolute atomic E-state index is 0.0926. The van der Waals surface area contributed by atoms with Gasteiger partial charge in [-0.2, -0.15) is 0 Å². The van der Waals surface area contributed by atoms with Gasteiger partial charge in [-0.25, -0.2) is 4.98 Å². The Morgan fingerprint density at radius 3 is 2.68 bits per heavy atom. The van der Waals surface area contributed by atoms with Gasteiger partial charge < -0.3 is 14.8 Å². The standard InChI is InChI=1S/C15H18N2O4S/c1-15(2,3)14-17-10-6-9(4-5-11(10)21-14)16-12(18)7-22-8-13(19)20/h4-6H,7-8H2,1-3H3,(H,16,18)(H,19,20). The largest absolute Gasteiger partial charge is 0.481 e. The fourth-order valence-electron chi connectivity index (χ4n) is 1.75. The number of benzene rings is 1. The average Bonchev–Trinajstić information content (AvgIpc) is 2.81. The molecule has 7 heteroatoms. The highest BCUT2D eigenvalue weighted by Crippen LogP contribution is 2.27. The van der Waals surface area contributed by atoms with Gasteiger partial charge in [0.25, 0.3) is 0 Å². The molecule has 0 spiro atoms. The van der Waals surface area contributed by atoms with Crippen molar-refractivity contribution in [3.8, 4) is 0 Å². The second-order valence-corrected chi connectivity index (χ2v) is 6.87. The Labute approximate surface area is 132 Å². The lowest BCUT2D eigenvalue weighted by molar-refractivity contribution is -0.133. The molecule has 2 rings (SSSR count). The summed E-state index contributed by atoms with van der Waals surface area (Å²) in [6.07, 6.45) is 0. The Balaban J connectivity index is 2.06. The van der Waals surface area contributed by atoms with E-state index in [0.717, 1.165) is 11.8 Å². The maximum absolute atomic E-state index is 11.7. The molecule has 0 atom stereocenters. The van der Waals surface area contributed by atoms with Gasteiger partial charge in [0, 0.05) is 11.1 Å². The van der Waals surface area contributed by atoms with Gasteiger partial charge in [0.15, 0.2) is 5.58 Å². The number of carboxylic acid groups (broad SMARTS) is 1. The summed E-state index contributed by atoms with van der Waals surface area (Å²) in [5.41, 5.74) is 1.78. The molecule has 1 aromatic carbocycles. The van der Waals surface area contributed by atoms with Crippen LogP contribution in [0.3, 0.4) is 0 Å². The van der Waals surface area contributed by atoms with Crippen molar-refractivity contribution in [2.75, 3.05) is 16.8 Å². The Hall–Kier alpha value is -2.02. The summed E-state index contributed by atoms with van der Waals surface area (Å²) in [4.78, 5) is 26.6. The molecule has 0 aliphatic carbocycles. The van der Waals surface area contributed by atoms with Gasteiger partial charge in [-0.3, -0.25) is 9.59 Å². The van der Waals surface area contributed by atoms with Crippen LogP contribution >= 0.6 is 11.8 Å². The van der Waals surface area contributed by atoms with Gasteiger partial charge in [-0.05, 0) is 18.2 Å². The molecule has 0 radical (unpaired) electrons. The van der Waals surface area contributed by atoms with E-state index in [4.69, 9.17) is 9.52 Å². The molecule has 1 aromatic heterocycles. The Kier molecular flexibility index (Phi) is 4.75. The minimum atomic E-state index is -0.934. The zero-order valence-corrected chi connectivity index (χ0v) is 13.5. The first-order valence-corrected chi connectivity index (χ1v) is 7.91. The Bertz CT molecular complexity index is 703. The predicted molar refractivity (Wildman–Crippen MR) is 86.3 cm³/mol. The Morgan fingerprint density at radius 2 is 2.05 bits per heavy atom. The maximum Gasteiger partial charge on any atom is 0.313 e. The first-order chi connectivity index (χ1) is 10.3. The van der Waals surface area contributed by atoms with Gasteiger partial charge >= 0.3 is 5.97 Å². The number of amides is 1. The van der Waals surface area contributed by atoms with Crippen molar-refractivity contribution in [1.29, 1.82) is 0 Å². The van der Waals surface area contributed by atoms with E-state index >= 15 is 0 Å². The number of nitrogens with one attached hydrogen (secondary N) is 1. The molecule has 118 valence electrons. The number of hydrogen-bond acceptors (Lipinski definition) is 5. The molecular weight excluding hydrogens is 304 g/mol. The van der Waals surface area contributed by atoms with Crippen molar-refractivity contribution in [3.63, 3.8) is 0 Å². The van der Waals surface area contributed by atoms with E-state index in [1.54, 1.807) is 18.2 Å².